The van der Waals surface area contributed by atoms with Crippen LogP contribution in [0.1, 0.15) is 23.9 Å². The lowest BCUT2D eigenvalue weighted by Crippen LogP contribution is -2.39. The fourth-order valence-corrected chi connectivity index (χ4v) is 2.17. The van der Waals surface area contributed by atoms with Gasteiger partial charge in [-0.1, -0.05) is 30.9 Å². The van der Waals surface area contributed by atoms with E-state index in [0.717, 1.165) is 11.4 Å². The Morgan fingerprint density at radius 2 is 2.26 bits per heavy atom. The largest absolute Gasteiger partial charge is 0.402 e. The van der Waals surface area contributed by atoms with Crippen LogP contribution in [-0.2, 0) is 0 Å². The molecule has 1 rings (SSSR count). The molecule has 5 N–H and O–H groups in total. The second kappa shape index (κ2) is 10.5. The van der Waals surface area contributed by atoms with E-state index >= 15 is 0 Å². The molecule has 0 spiro atoms. The van der Waals surface area contributed by atoms with E-state index in [0.29, 0.717) is 23.8 Å². The zero-order valence-corrected chi connectivity index (χ0v) is 14.1. The van der Waals surface area contributed by atoms with Crippen LogP contribution in [0.4, 0.5) is 0 Å². The Hall–Kier alpha value is -2.18. The van der Waals surface area contributed by atoms with Crippen molar-refractivity contribution in [2.24, 2.45) is 5.73 Å². The fraction of sp³-hybridized carbons (Fsp3) is 0.294. The molecule has 0 aliphatic carbocycles. The molecule has 0 aliphatic heterocycles. The highest BCUT2D eigenvalue weighted by Gasteiger charge is 2.15. The molecule has 1 atom stereocenters. The van der Waals surface area contributed by atoms with E-state index < -0.39 is 0 Å². The maximum Gasteiger partial charge on any atom is 0.166 e. The number of aliphatic hydroxyl groups is 1. The molecule has 0 saturated carbocycles. The number of nitrogens with one attached hydrogen (secondary N) is 2. The van der Waals surface area contributed by atoms with Gasteiger partial charge in [-0.15, -0.1) is 0 Å². The predicted octanol–water partition coefficient (Wildman–Crippen LogP) is 1.86. The molecule has 0 fully saturated rings. The monoisotopic (exact) mass is 332 g/mol. The van der Waals surface area contributed by atoms with Crippen LogP contribution in [0, 0.1) is 6.92 Å². The van der Waals surface area contributed by atoms with Crippen LogP contribution >= 0.6 is 12.2 Å². The first kappa shape index (κ1) is 18.9. The summed E-state index contributed by atoms with van der Waals surface area (Å²) in [5.74, 6) is 0. The third kappa shape index (κ3) is 7.58. The van der Waals surface area contributed by atoms with Gasteiger partial charge in [-0.05, 0) is 37.4 Å². The zero-order chi connectivity index (χ0) is 17.1. The SMILES string of the molecule is C=C/C=C\C=C(/N)CC(NC(=S)NCCO)c1cccc(C)n1. The van der Waals surface area contributed by atoms with Crippen LogP contribution in [-0.4, -0.2) is 28.4 Å². The van der Waals surface area contributed by atoms with Crippen LogP contribution in [0.15, 0.2) is 54.8 Å². The molecule has 1 unspecified atom stereocenters. The van der Waals surface area contributed by atoms with Gasteiger partial charge in [-0.3, -0.25) is 4.98 Å². The molecular formula is C17H24N4OS. The van der Waals surface area contributed by atoms with Gasteiger partial charge in [0.15, 0.2) is 5.11 Å². The standard InChI is InChI=1S/C17H24N4OS/c1-3-4-5-8-14(18)12-16(21-17(23)19-10-11-22)15-9-6-7-13(2)20-15/h3-9,16,22H,1,10-12,18H2,2H3,(H2,19,21,23)/b5-4-,14-8-. The molecule has 6 heteroatoms. The Labute approximate surface area is 143 Å². The average Bonchev–Trinajstić information content (AvgIpc) is 2.52. The van der Waals surface area contributed by atoms with Crippen molar-refractivity contribution in [3.63, 3.8) is 0 Å². The van der Waals surface area contributed by atoms with Gasteiger partial charge in [0.1, 0.15) is 0 Å². The Balaban J connectivity index is 2.87. The van der Waals surface area contributed by atoms with Crippen molar-refractivity contribution < 1.29 is 5.11 Å². The van der Waals surface area contributed by atoms with Crippen molar-refractivity contribution in [2.45, 2.75) is 19.4 Å². The van der Waals surface area contributed by atoms with Gasteiger partial charge in [0.05, 0.1) is 18.3 Å². The number of aryl methyl sites for hydroxylation is 1. The number of allylic oxidation sites excluding steroid dienone is 4. The number of aliphatic hydroxyl groups excluding tert-OH is 1. The molecule has 1 aromatic rings. The van der Waals surface area contributed by atoms with Crippen molar-refractivity contribution in [2.75, 3.05) is 13.2 Å². The lowest BCUT2D eigenvalue weighted by atomic mass is 10.1. The summed E-state index contributed by atoms with van der Waals surface area (Å²) in [6.45, 7) is 5.97. The summed E-state index contributed by atoms with van der Waals surface area (Å²) in [6, 6.07) is 5.68. The van der Waals surface area contributed by atoms with E-state index in [-0.39, 0.29) is 12.6 Å². The summed E-state index contributed by atoms with van der Waals surface area (Å²) in [4.78, 5) is 4.54. The molecule has 1 heterocycles. The summed E-state index contributed by atoms with van der Waals surface area (Å²) in [7, 11) is 0. The molecule has 0 aliphatic rings. The first-order valence-corrected chi connectivity index (χ1v) is 7.80. The van der Waals surface area contributed by atoms with Gasteiger partial charge in [0.25, 0.3) is 0 Å². The normalized spacial score (nSPS) is 12.9. The maximum atomic E-state index is 8.86. The third-order valence-corrected chi connectivity index (χ3v) is 3.23. The fourth-order valence-electron chi connectivity index (χ4n) is 1.93. The van der Waals surface area contributed by atoms with E-state index in [1.165, 1.54) is 0 Å². The molecule has 0 bridgehead atoms. The van der Waals surface area contributed by atoms with Gasteiger partial charge >= 0.3 is 0 Å². The van der Waals surface area contributed by atoms with Crippen LogP contribution in [0.25, 0.3) is 0 Å². The topological polar surface area (TPSA) is 83.2 Å². The van der Waals surface area contributed by atoms with Crippen molar-refractivity contribution >= 4 is 17.3 Å². The van der Waals surface area contributed by atoms with Crippen LogP contribution in [0.3, 0.4) is 0 Å². The summed E-state index contributed by atoms with van der Waals surface area (Å²) in [6.07, 6.45) is 7.73. The molecule has 5 nitrogen and oxygen atoms in total. The second-order valence-corrected chi connectivity index (χ2v) is 5.35. The molecule has 124 valence electrons. The number of rotatable bonds is 8. The molecule has 0 saturated heterocycles. The van der Waals surface area contributed by atoms with E-state index in [1.54, 1.807) is 6.08 Å². The number of pyridine rings is 1. The third-order valence-electron chi connectivity index (χ3n) is 2.97. The quantitative estimate of drug-likeness (QED) is 0.430. The number of thiocarbonyl (C=S) groups is 1. The van der Waals surface area contributed by atoms with E-state index in [9.17, 15) is 0 Å². The van der Waals surface area contributed by atoms with E-state index in [4.69, 9.17) is 23.1 Å². The number of nitrogens with two attached hydrogens (primary N) is 1. The minimum absolute atomic E-state index is 0.0174. The summed E-state index contributed by atoms with van der Waals surface area (Å²) in [5.41, 5.74) is 8.56. The second-order valence-electron chi connectivity index (χ2n) is 4.95. The molecule has 0 amide bonds. The zero-order valence-electron chi connectivity index (χ0n) is 13.3. The Morgan fingerprint density at radius 1 is 1.48 bits per heavy atom. The molecule has 0 radical (unpaired) electrons. The average molecular weight is 332 g/mol. The number of hydrogen-bond acceptors (Lipinski definition) is 4. The molecule has 0 aromatic carbocycles. The molecular weight excluding hydrogens is 308 g/mol. The summed E-state index contributed by atoms with van der Waals surface area (Å²) in [5, 5.41) is 15.4. The van der Waals surface area contributed by atoms with Crippen molar-refractivity contribution in [1.29, 1.82) is 0 Å². The Morgan fingerprint density at radius 3 is 2.91 bits per heavy atom. The highest BCUT2D eigenvalue weighted by Crippen LogP contribution is 2.18. The van der Waals surface area contributed by atoms with Gasteiger partial charge < -0.3 is 21.5 Å². The summed E-state index contributed by atoms with van der Waals surface area (Å²) >= 11 is 5.24. The number of hydrogen-bond donors (Lipinski definition) is 4. The molecule has 1 aromatic heterocycles. The first-order valence-electron chi connectivity index (χ1n) is 7.39. The van der Waals surface area contributed by atoms with Gasteiger partial charge in [0, 0.05) is 24.4 Å². The minimum atomic E-state index is -0.151. The van der Waals surface area contributed by atoms with Crippen LogP contribution in [0.2, 0.25) is 0 Å². The lowest BCUT2D eigenvalue weighted by molar-refractivity contribution is 0.300. The number of nitrogens with zero attached hydrogens (tertiary/aromatic N) is 1. The number of aromatic nitrogens is 1. The predicted molar refractivity (Wildman–Crippen MR) is 98.8 cm³/mol. The first-order chi connectivity index (χ1) is 11.1. The van der Waals surface area contributed by atoms with Crippen molar-refractivity contribution in [3.8, 4) is 0 Å². The van der Waals surface area contributed by atoms with Gasteiger partial charge in [-0.25, -0.2) is 0 Å². The van der Waals surface area contributed by atoms with E-state index in [1.807, 2.05) is 43.4 Å². The smallest absolute Gasteiger partial charge is 0.166 e. The van der Waals surface area contributed by atoms with Gasteiger partial charge in [0.2, 0.25) is 0 Å². The minimum Gasteiger partial charge on any atom is -0.402 e. The van der Waals surface area contributed by atoms with Crippen molar-refractivity contribution in [3.05, 3.63) is 66.2 Å². The van der Waals surface area contributed by atoms with Crippen LogP contribution < -0.4 is 16.4 Å². The van der Waals surface area contributed by atoms with Gasteiger partial charge in [-0.2, -0.15) is 0 Å². The Kier molecular flexibility index (Phi) is 8.64. The highest BCUT2D eigenvalue weighted by atomic mass is 32.1. The highest BCUT2D eigenvalue weighted by molar-refractivity contribution is 7.80. The Bertz CT molecular complexity index is 584. The maximum absolute atomic E-state index is 8.86. The van der Waals surface area contributed by atoms with Crippen molar-refractivity contribution in [1.82, 2.24) is 15.6 Å². The lowest BCUT2D eigenvalue weighted by Gasteiger charge is -2.21. The van der Waals surface area contributed by atoms with Crippen LogP contribution in [0.5, 0.6) is 0 Å². The van der Waals surface area contributed by atoms with E-state index in [2.05, 4.69) is 22.2 Å². The summed E-state index contributed by atoms with van der Waals surface area (Å²) < 4.78 is 0. The molecule has 23 heavy (non-hydrogen) atoms.